The second kappa shape index (κ2) is 8.84. The lowest BCUT2D eigenvalue weighted by molar-refractivity contribution is -0.0243. The molecule has 2 heterocycles. The van der Waals surface area contributed by atoms with Crippen molar-refractivity contribution in [3.05, 3.63) is 42.0 Å². The quantitative estimate of drug-likeness (QED) is 0.798. The Labute approximate surface area is 151 Å². The first-order valence-corrected chi connectivity index (χ1v) is 9.56. The number of hydrogen-bond acceptors (Lipinski definition) is 4. The minimum atomic E-state index is -0.465. The van der Waals surface area contributed by atoms with Crippen LogP contribution in [0.15, 0.2) is 36.4 Å². The van der Waals surface area contributed by atoms with E-state index in [1.54, 1.807) is 0 Å². The van der Waals surface area contributed by atoms with E-state index in [2.05, 4.69) is 24.5 Å². The van der Waals surface area contributed by atoms with Crippen molar-refractivity contribution in [3.8, 4) is 5.75 Å². The van der Waals surface area contributed by atoms with Crippen molar-refractivity contribution in [2.75, 3.05) is 26.2 Å². The zero-order valence-electron chi connectivity index (χ0n) is 15.3. The minimum absolute atomic E-state index is 0.00770. The molecule has 0 aliphatic carbocycles. The van der Waals surface area contributed by atoms with Gasteiger partial charge in [-0.25, -0.2) is 0 Å². The van der Waals surface area contributed by atoms with Gasteiger partial charge in [0.25, 0.3) is 0 Å². The number of piperidine rings is 1. The van der Waals surface area contributed by atoms with Crippen LogP contribution in [0, 0.1) is 0 Å². The van der Waals surface area contributed by atoms with Crippen molar-refractivity contribution in [1.82, 2.24) is 4.90 Å². The number of hydrogen-bond donors (Lipinski definition) is 1. The number of ether oxygens (including phenoxy) is 2. The largest absolute Gasteiger partial charge is 0.490 e. The number of benzene rings is 1. The van der Waals surface area contributed by atoms with Gasteiger partial charge in [0.15, 0.2) is 0 Å². The maximum atomic E-state index is 10.3. The average Bonchev–Trinajstić information content (AvgIpc) is 2.60. The van der Waals surface area contributed by atoms with Crippen LogP contribution in [0.2, 0.25) is 0 Å². The third kappa shape index (κ3) is 5.30. The molecule has 0 unspecified atom stereocenters. The molecule has 2 saturated heterocycles. The Morgan fingerprint density at radius 1 is 1.24 bits per heavy atom. The number of rotatable bonds is 6. The molecular weight excluding hydrogens is 314 g/mol. The first kappa shape index (κ1) is 18.4. The standard InChI is InChI=1S/C21H31NO3/c1-16-12-17(2)25-21(13-16)19-8-4-5-9-20(19)24-15-18(23)14-22-10-6-3-7-11-22/h4-5,8-9,17-18,21,23H,1,3,6-7,10-15H2,2H3/t17-,18-,21+/m1/s1. The molecule has 138 valence electrons. The van der Waals surface area contributed by atoms with Crippen molar-refractivity contribution in [2.24, 2.45) is 0 Å². The monoisotopic (exact) mass is 345 g/mol. The maximum Gasteiger partial charge on any atom is 0.125 e. The van der Waals surface area contributed by atoms with Crippen molar-refractivity contribution in [2.45, 2.75) is 57.3 Å². The van der Waals surface area contributed by atoms with E-state index in [9.17, 15) is 5.11 Å². The highest BCUT2D eigenvalue weighted by molar-refractivity contribution is 5.36. The summed E-state index contributed by atoms with van der Waals surface area (Å²) in [5.74, 6) is 0.812. The minimum Gasteiger partial charge on any atom is -0.490 e. The van der Waals surface area contributed by atoms with E-state index < -0.39 is 6.10 Å². The normalized spacial score (nSPS) is 26.4. The van der Waals surface area contributed by atoms with Gasteiger partial charge < -0.3 is 19.5 Å². The van der Waals surface area contributed by atoms with Gasteiger partial charge in [-0.15, -0.1) is 0 Å². The molecule has 2 aliphatic rings. The van der Waals surface area contributed by atoms with Crippen LogP contribution in [0.4, 0.5) is 0 Å². The highest BCUT2D eigenvalue weighted by Gasteiger charge is 2.25. The van der Waals surface area contributed by atoms with Gasteiger partial charge in [0.2, 0.25) is 0 Å². The number of aliphatic hydroxyl groups is 1. The van der Waals surface area contributed by atoms with E-state index in [-0.39, 0.29) is 12.2 Å². The van der Waals surface area contributed by atoms with Crippen molar-refractivity contribution >= 4 is 0 Å². The van der Waals surface area contributed by atoms with Crippen molar-refractivity contribution in [3.63, 3.8) is 0 Å². The van der Waals surface area contributed by atoms with Gasteiger partial charge in [0, 0.05) is 12.1 Å². The Hall–Kier alpha value is -1.36. The molecule has 0 aromatic heterocycles. The predicted molar refractivity (Wildman–Crippen MR) is 99.9 cm³/mol. The zero-order valence-corrected chi connectivity index (χ0v) is 15.3. The van der Waals surface area contributed by atoms with Crippen LogP contribution in [0.25, 0.3) is 0 Å². The number of β-amino-alcohol motifs (C(OH)–C–C–N with tert-alkyl or cyclic N) is 1. The number of aliphatic hydroxyl groups excluding tert-OH is 1. The first-order valence-electron chi connectivity index (χ1n) is 9.56. The molecule has 0 bridgehead atoms. The summed E-state index contributed by atoms with van der Waals surface area (Å²) in [6, 6.07) is 8.01. The summed E-state index contributed by atoms with van der Waals surface area (Å²) in [6.45, 7) is 9.41. The van der Waals surface area contributed by atoms with E-state index in [4.69, 9.17) is 9.47 Å². The Bertz CT molecular complexity index is 568. The fraction of sp³-hybridized carbons (Fsp3) is 0.619. The lowest BCUT2D eigenvalue weighted by Crippen LogP contribution is -2.38. The molecule has 1 N–H and O–H groups in total. The molecule has 2 aliphatic heterocycles. The average molecular weight is 345 g/mol. The molecule has 4 nitrogen and oxygen atoms in total. The van der Waals surface area contributed by atoms with Gasteiger partial charge in [-0.1, -0.05) is 36.8 Å². The molecule has 1 aromatic carbocycles. The lowest BCUT2D eigenvalue weighted by Gasteiger charge is -2.31. The van der Waals surface area contributed by atoms with Crippen LogP contribution < -0.4 is 4.74 Å². The highest BCUT2D eigenvalue weighted by atomic mass is 16.5. The summed E-state index contributed by atoms with van der Waals surface area (Å²) in [4.78, 5) is 2.33. The molecular formula is C21H31NO3. The third-order valence-electron chi connectivity index (χ3n) is 5.06. The molecule has 3 atom stereocenters. The second-order valence-corrected chi connectivity index (χ2v) is 7.46. The Kier molecular flexibility index (Phi) is 6.51. The molecule has 1 aromatic rings. The predicted octanol–water partition coefficient (Wildman–Crippen LogP) is 3.71. The van der Waals surface area contributed by atoms with Crippen molar-refractivity contribution < 1.29 is 14.6 Å². The molecule has 4 heteroatoms. The van der Waals surface area contributed by atoms with E-state index in [0.717, 1.165) is 37.2 Å². The smallest absolute Gasteiger partial charge is 0.125 e. The highest BCUT2D eigenvalue weighted by Crippen LogP contribution is 2.37. The van der Waals surface area contributed by atoms with Gasteiger partial charge in [-0.05, 0) is 51.8 Å². The fourth-order valence-corrected chi connectivity index (χ4v) is 3.87. The van der Waals surface area contributed by atoms with Gasteiger partial charge in [0.05, 0.1) is 12.2 Å². The fourth-order valence-electron chi connectivity index (χ4n) is 3.87. The summed E-state index contributed by atoms with van der Waals surface area (Å²) in [5, 5.41) is 10.3. The molecule has 3 rings (SSSR count). The van der Waals surface area contributed by atoms with Crippen LogP contribution in [-0.4, -0.2) is 48.5 Å². The topological polar surface area (TPSA) is 41.9 Å². The van der Waals surface area contributed by atoms with Crippen LogP contribution >= 0.6 is 0 Å². The summed E-state index contributed by atoms with van der Waals surface area (Å²) in [6.07, 6.45) is 5.24. The van der Waals surface area contributed by atoms with Crippen LogP contribution in [-0.2, 0) is 4.74 Å². The van der Waals surface area contributed by atoms with E-state index in [1.807, 2.05) is 18.2 Å². The number of nitrogens with zero attached hydrogens (tertiary/aromatic N) is 1. The van der Waals surface area contributed by atoms with Gasteiger partial charge >= 0.3 is 0 Å². The van der Waals surface area contributed by atoms with E-state index >= 15 is 0 Å². The summed E-state index contributed by atoms with van der Waals surface area (Å²) >= 11 is 0. The van der Waals surface area contributed by atoms with Gasteiger partial charge in [-0.2, -0.15) is 0 Å². The molecule has 2 fully saturated rings. The SMILES string of the molecule is C=C1C[C@@H](C)O[C@H](c2ccccc2OC[C@H](O)CN2CCCCC2)C1. The first-order chi connectivity index (χ1) is 12.1. The zero-order chi connectivity index (χ0) is 17.6. The van der Waals surface area contributed by atoms with Crippen LogP contribution in [0.1, 0.15) is 50.7 Å². The second-order valence-electron chi connectivity index (χ2n) is 7.46. The van der Waals surface area contributed by atoms with Gasteiger partial charge in [0.1, 0.15) is 18.5 Å². The van der Waals surface area contributed by atoms with Crippen LogP contribution in [0.3, 0.4) is 0 Å². The van der Waals surface area contributed by atoms with Crippen molar-refractivity contribution in [1.29, 1.82) is 0 Å². The summed E-state index contributed by atoms with van der Waals surface area (Å²) in [7, 11) is 0. The summed E-state index contributed by atoms with van der Waals surface area (Å²) < 4.78 is 12.1. The third-order valence-corrected chi connectivity index (χ3v) is 5.06. The molecule has 0 radical (unpaired) electrons. The molecule has 0 amide bonds. The molecule has 25 heavy (non-hydrogen) atoms. The Morgan fingerprint density at radius 2 is 2.00 bits per heavy atom. The summed E-state index contributed by atoms with van der Waals surface area (Å²) in [5.41, 5.74) is 2.28. The Balaban J connectivity index is 1.58. The molecule has 0 saturated carbocycles. The molecule has 0 spiro atoms. The van der Waals surface area contributed by atoms with Gasteiger partial charge in [-0.3, -0.25) is 0 Å². The number of para-hydroxylation sites is 1. The van der Waals surface area contributed by atoms with E-state index in [1.165, 1.54) is 24.8 Å². The Morgan fingerprint density at radius 3 is 2.76 bits per heavy atom. The van der Waals surface area contributed by atoms with E-state index in [0.29, 0.717) is 13.2 Å². The van der Waals surface area contributed by atoms with Crippen LogP contribution in [0.5, 0.6) is 5.75 Å². The number of likely N-dealkylation sites (tertiary alicyclic amines) is 1. The maximum absolute atomic E-state index is 10.3. The lowest BCUT2D eigenvalue weighted by atomic mass is 9.95.